The highest BCUT2D eigenvalue weighted by Crippen LogP contribution is 2.38. The zero-order valence-electron chi connectivity index (χ0n) is 9.66. The molecule has 3 heteroatoms. The largest absolute Gasteiger partial charge is 0.493 e. The van der Waals surface area contributed by atoms with E-state index in [1.54, 1.807) is 14.2 Å². The minimum atomic E-state index is 0.0172. The molecule has 1 aromatic rings. The molecule has 2 rings (SSSR count). The van der Waals surface area contributed by atoms with E-state index < -0.39 is 0 Å². The smallest absolute Gasteiger partial charge is 0.161 e. The molecule has 16 heavy (non-hydrogen) atoms. The third-order valence-electron chi connectivity index (χ3n) is 3.17. The highest BCUT2D eigenvalue weighted by molar-refractivity contribution is 5.66. The van der Waals surface area contributed by atoms with E-state index in [0.29, 0.717) is 5.75 Å². The maximum absolute atomic E-state index is 11.0. The molecule has 0 aliphatic heterocycles. The predicted octanol–water partition coefficient (Wildman–Crippen LogP) is 2.32. The summed E-state index contributed by atoms with van der Waals surface area (Å²) in [6.07, 6.45) is 4.04. The van der Waals surface area contributed by atoms with Crippen LogP contribution in [-0.2, 0) is 11.2 Å². The third-order valence-corrected chi connectivity index (χ3v) is 3.17. The normalized spacial score (nSPS) is 18.8. The summed E-state index contributed by atoms with van der Waals surface area (Å²) in [7, 11) is 3.24. The van der Waals surface area contributed by atoms with Gasteiger partial charge in [-0.3, -0.25) is 0 Å². The van der Waals surface area contributed by atoms with Crippen molar-refractivity contribution in [1.82, 2.24) is 0 Å². The molecule has 3 nitrogen and oxygen atoms in total. The van der Waals surface area contributed by atoms with Crippen LogP contribution in [0.15, 0.2) is 12.1 Å². The van der Waals surface area contributed by atoms with E-state index in [4.69, 9.17) is 9.47 Å². The second kappa shape index (κ2) is 4.56. The summed E-state index contributed by atoms with van der Waals surface area (Å²) in [6, 6.07) is 3.93. The molecule has 86 valence electrons. The highest BCUT2D eigenvalue weighted by atomic mass is 16.5. The summed E-state index contributed by atoms with van der Waals surface area (Å²) >= 11 is 0. The van der Waals surface area contributed by atoms with E-state index in [9.17, 15) is 4.79 Å². The van der Waals surface area contributed by atoms with Crippen molar-refractivity contribution < 1.29 is 14.3 Å². The Morgan fingerprint density at radius 2 is 1.94 bits per heavy atom. The maximum Gasteiger partial charge on any atom is 0.161 e. The van der Waals surface area contributed by atoms with Crippen LogP contribution in [0, 0.1) is 0 Å². The van der Waals surface area contributed by atoms with E-state index in [2.05, 4.69) is 0 Å². The first-order valence-electron chi connectivity index (χ1n) is 5.50. The molecule has 1 aliphatic rings. The number of fused-ring (bicyclic) bond motifs is 1. The Labute approximate surface area is 95.4 Å². The number of aldehydes is 1. The lowest BCUT2D eigenvalue weighted by molar-refractivity contribution is -0.109. The van der Waals surface area contributed by atoms with Crippen LogP contribution in [0.25, 0.3) is 0 Å². The summed E-state index contributed by atoms with van der Waals surface area (Å²) in [5.41, 5.74) is 2.31. The Morgan fingerprint density at radius 3 is 2.56 bits per heavy atom. The first kappa shape index (κ1) is 11.0. The summed E-state index contributed by atoms with van der Waals surface area (Å²) in [5.74, 6) is 1.46. The van der Waals surface area contributed by atoms with E-state index in [-0.39, 0.29) is 5.92 Å². The summed E-state index contributed by atoms with van der Waals surface area (Å²) in [5, 5.41) is 0. The summed E-state index contributed by atoms with van der Waals surface area (Å²) in [4.78, 5) is 11.0. The molecule has 1 aliphatic carbocycles. The first-order chi connectivity index (χ1) is 7.80. The van der Waals surface area contributed by atoms with Crippen molar-refractivity contribution in [3.63, 3.8) is 0 Å². The standard InChI is InChI=1S/C13H16O3/c1-15-12-6-9-4-3-5-10(8-14)11(9)7-13(12)16-2/h6-8,10H,3-5H2,1-2H3. The molecular formula is C13H16O3. The molecule has 0 amide bonds. The van der Waals surface area contributed by atoms with Gasteiger partial charge in [-0.1, -0.05) is 0 Å². The molecule has 1 aromatic carbocycles. The van der Waals surface area contributed by atoms with Crippen LogP contribution in [0.5, 0.6) is 11.5 Å². The number of aryl methyl sites for hydroxylation is 1. The van der Waals surface area contributed by atoms with Gasteiger partial charge < -0.3 is 14.3 Å². The Kier molecular flexibility index (Phi) is 3.13. The molecule has 0 fully saturated rings. The first-order valence-corrected chi connectivity index (χ1v) is 5.50. The molecule has 0 radical (unpaired) electrons. The number of ether oxygens (including phenoxy) is 2. The van der Waals surface area contributed by atoms with Crippen LogP contribution in [0.4, 0.5) is 0 Å². The van der Waals surface area contributed by atoms with Gasteiger partial charge in [-0.25, -0.2) is 0 Å². The molecule has 0 bridgehead atoms. The van der Waals surface area contributed by atoms with Gasteiger partial charge in [0.15, 0.2) is 11.5 Å². The van der Waals surface area contributed by atoms with Crippen molar-refractivity contribution in [1.29, 1.82) is 0 Å². The second-order valence-electron chi connectivity index (χ2n) is 4.04. The van der Waals surface area contributed by atoms with Gasteiger partial charge in [-0.05, 0) is 42.5 Å². The average Bonchev–Trinajstić information content (AvgIpc) is 2.36. The average molecular weight is 220 g/mol. The van der Waals surface area contributed by atoms with Gasteiger partial charge in [-0.2, -0.15) is 0 Å². The predicted molar refractivity (Wildman–Crippen MR) is 61.3 cm³/mol. The van der Waals surface area contributed by atoms with Gasteiger partial charge in [-0.15, -0.1) is 0 Å². The van der Waals surface area contributed by atoms with Crippen molar-refractivity contribution in [3.8, 4) is 11.5 Å². The Bertz CT molecular complexity index is 398. The fourth-order valence-corrected chi connectivity index (χ4v) is 2.31. The van der Waals surface area contributed by atoms with E-state index in [1.807, 2.05) is 12.1 Å². The van der Waals surface area contributed by atoms with Gasteiger partial charge in [0.05, 0.1) is 14.2 Å². The van der Waals surface area contributed by atoms with Gasteiger partial charge in [0.2, 0.25) is 0 Å². The van der Waals surface area contributed by atoms with Gasteiger partial charge in [0.1, 0.15) is 6.29 Å². The van der Waals surface area contributed by atoms with E-state index in [1.165, 1.54) is 5.56 Å². The lowest BCUT2D eigenvalue weighted by atomic mass is 9.83. The van der Waals surface area contributed by atoms with Crippen molar-refractivity contribution in [2.75, 3.05) is 14.2 Å². The quantitative estimate of drug-likeness (QED) is 0.733. The minimum absolute atomic E-state index is 0.0172. The lowest BCUT2D eigenvalue weighted by Gasteiger charge is -2.23. The van der Waals surface area contributed by atoms with E-state index >= 15 is 0 Å². The van der Waals surface area contributed by atoms with Gasteiger partial charge >= 0.3 is 0 Å². The maximum atomic E-state index is 11.0. The van der Waals surface area contributed by atoms with Crippen molar-refractivity contribution in [2.45, 2.75) is 25.2 Å². The van der Waals surface area contributed by atoms with Crippen LogP contribution in [0.2, 0.25) is 0 Å². The number of methoxy groups -OCH3 is 2. The van der Waals surface area contributed by atoms with Crippen LogP contribution < -0.4 is 9.47 Å². The molecule has 0 spiro atoms. The van der Waals surface area contributed by atoms with Crippen molar-refractivity contribution in [3.05, 3.63) is 23.3 Å². The second-order valence-corrected chi connectivity index (χ2v) is 4.04. The molecule has 0 heterocycles. The molecule has 0 saturated heterocycles. The van der Waals surface area contributed by atoms with Gasteiger partial charge in [0, 0.05) is 5.92 Å². The SMILES string of the molecule is COc1cc2c(cc1OC)C(C=O)CCC2. The minimum Gasteiger partial charge on any atom is -0.493 e. The Hall–Kier alpha value is -1.51. The third kappa shape index (κ3) is 1.77. The molecule has 0 saturated carbocycles. The number of hydrogen-bond donors (Lipinski definition) is 0. The fraction of sp³-hybridized carbons (Fsp3) is 0.462. The molecular weight excluding hydrogens is 204 g/mol. The van der Waals surface area contributed by atoms with Crippen LogP contribution >= 0.6 is 0 Å². The molecule has 1 unspecified atom stereocenters. The monoisotopic (exact) mass is 220 g/mol. The zero-order chi connectivity index (χ0) is 11.5. The molecule has 1 atom stereocenters. The number of carbonyl (C=O) groups excluding carboxylic acids is 1. The van der Waals surface area contributed by atoms with Crippen molar-refractivity contribution >= 4 is 6.29 Å². The Balaban J connectivity index is 2.50. The highest BCUT2D eigenvalue weighted by Gasteiger charge is 2.22. The number of hydrogen-bond acceptors (Lipinski definition) is 3. The van der Waals surface area contributed by atoms with E-state index in [0.717, 1.165) is 36.9 Å². The lowest BCUT2D eigenvalue weighted by Crippen LogP contribution is -2.11. The number of rotatable bonds is 3. The van der Waals surface area contributed by atoms with Crippen LogP contribution in [0.3, 0.4) is 0 Å². The summed E-state index contributed by atoms with van der Waals surface area (Å²) in [6.45, 7) is 0. The molecule has 0 N–H and O–H groups in total. The summed E-state index contributed by atoms with van der Waals surface area (Å²) < 4.78 is 10.5. The van der Waals surface area contributed by atoms with Crippen LogP contribution in [0.1, 0.15) is 29.9 Å². The van der Waals surface area contributed by atoms with Crippen LogP contribution in [-0.4, -0.2) is 20.5 Å². The number of benzene rings is 1. The van der Waals surface area contributed by atoms with Crippen molar-refractivity contribution in [2.24, 2.45) is 0 Å². The topological polar surface area (TPSA) is 35.5 Å². The Morgan fingerprint density at radius 1 is 1.25 bits per heavy atom. The van der Waals surface area contributed by atoms with Gasteiger partial charge in [0.25, 0.3) is 0 Å². The number of carbonyl (C=O) groups is 1. The zero-order valence-corrected chi connectivity index (χ0v) is 9.66. The fourth-order valence-electron chi connectivity index (χ4n) is 2.31. The molecule has 0 aromatic heterocycles.